The van der Waals surface area contributed by atoms with Crippen LogP contribution in [0.15, 0.2) is 18.2 Å². The maximum atomic E-state index is 4.68. The SMILES string of the molecule is CC.CC.CCCC.Cc1ccc2c(C)nn(CCN3CCCC3)c2c1. The Kier molecular flexibility index (Phi) is 14.0. The number of aromatic nitrogens is 2. The van der Waals surface area contributed by atoms with Gasteiger partial charge in [0.15, 0.2) is 0 Å². The second-order valence-corrected chi connectivity index (χ2v) is 6.38. The number of likely N-dealkylation sites (tertiary alicyclic amines) is 1. The van der Waals surface area contributed by atoms with Gasteiger partial charge in [-0.05, 0) is 51.4 Å². The highest BCUT2D eigenvalue weighted by atomic mass is 15.3. The highest BCUT2D eigenvalue weighted by Gasteiger charge is 2.12. The fourth-order valence-corrected chi connectivity index (χ4v) is 2.86. The van der Waals surface area contributed by atoms with E-state index >= 15 is 0 Å². The van der Waals surface area contributed by atoms with Gasteiger partial charge < -0.3 is 4.90 Å². The van der Waals surface area contributed by atoms with Gasteiger partial charge in [0.1, 0.15) is 0 Å². The maximum absolute atomic E-state index is 4.68. The molecule has 0 radical (unpaired) electrons. The van der Waals surface area contributed by atoms with Crippen LogP contribution >= 0.6 is 0 Å². The molecule has 1 fully saturated rings. The van der Waals surface area contributed by atoms with Gasteiger partial charge in [0, 0.05) is 11.9 Å². The summed E-state index contributed by atoms with van der Waals surface area (Å²) < 4.78 is 2.18. The van der Waals surface area contributed by atoms with Gasteiger partial charge >= 0.3 is 0 Å². The van der Waals surface area contributed by atoms with E-state index in [9.17, 15) is 0 Å². The molecule has 3 rings (SSSR count). The first kappa shape index (κ1) is 24.7. The summed E-state index contributed by atoms with van der Waals surface area (Å²) in [5.74, 6) is 0. The normalized spacial score (nSPS) is 13.2. The van der Waals surface area contributed by atoms with Crippen molar-refractivity contribution >= 4 is 10.9 Å². The fourth-order valence-electron chi connectivity index (χ4n) is 2.86. The minimum absolute atomic E-state index is 1.01. The zero-order valence-corrected chi connectivity index (χ0v) is 18.7. The van der Waals surface area contributed by atoms with E-state index in [1.807, 2.05) is 27.7 Å². The van der Waals surface area contributed by atoms with E-state index in [0.29, 0.717) is 0 Å². The van der Waals surface area contributed by atoms with Crippen molar-refractivity contribution in [2.45, 2.75) is 87.6 Å². The van der Waals surface area contributed by atoms with Crippen LogP contribution in [0.1, 0.15) is 78.5 Å². The van der Waals surface area contributed by atoms with Gasteiger partial charge in [0.2, 0.25) is 0 Å². The van der Waals surface area contributed by atoms with E-state index < -0.39 is 0 Å². The molecule has 0 saturated carbocycles. The molecule has 3 heteroatoms. The van der Waals surface area contributed by atoms with Crippen LogP contribution in [0.5, 0.6) is 0 Å². The van der Waals surface area contributed by atoms with Crippen molar-refractivity contribution in [1.82, 2.24) is 14.7 Å². The number of aryl methyl sites for hydroxylation is 2. The molecule has 1 aliphatic rings. The topological polar surface area (TPSA) is 21.1 Å². The Morgan fingerprint density at radius 1 is 0.885 bits per heavy atom. The minimum Gasteiger partial charge on any atom is -0.301 e. The molecule has 0 spiro atoms. The first-order valence-electron chi connectivity index (χ1n) is 10.8. The van der Waals surface area contributed by atoms with Crippen LogP contribution in [-0.2, 0) is 6.54 Å². The van der Waals surface area contributed by atoms with Crippen molar-refractivity contribution in [3.63, 3.8) is 0 Å². The van der Waals surface area contributed by atoms with Gasteiger partial charge in [0.25, 0.3) is 0 Å². The molecule has 0 aliphatic carbocycles. The Morgan fingerprint density at radius 2 is 1.46 bits per heavy atom. The summed E-state index contributed by atoms with van der Waals surface area (Å²) in [7, 11) is 0. The number of benzene rings is 1. The Balaban J connectivity index is 0.000000680. The Hall–Kier alpha value is -1.35. The Bertz CT molecular complexity index is 578. The molecule has 3 nitrogen and oxygen atoms in total. The second kappa shape index (κ2) is 14.8. The zero-order valence-electron chi connectivity index (χ0n) is 18.7. The molecule has 1 saturated heterocycles. The van der Waals surface area contributed by atoms with E-state index in [1.165, 1.54) is 55.2 Å². The number of fused-ring (bicyclic) bond motifs is 1. The van der Waals surface area contributed by atoms with Crippen molar-refractivity contribution in [3.05, 3.63) is 29.5 Å². The predicted molar refractivity (Wildman–Crippen MR) is 118 cm³/mol. The molecule has 0 N–H and O–H groups in total. The molecule has 26 heavy (non-hydrogen) atoms. The molecule has 1 aromatic carbocycles. The third kappa shape index (κ3) is 7.90. The Labute approximate surface area is 162 Å². The summed E-state index contributed by atoms with van der Waals surface area (Å²) in [6, 6.07) is 6.61. The first-order chi connectivity index (χ1) is 12.7. The smallest absolute Gasteiger partial charge is 0.0688 e. The highest BCUT2D eigenvalue weighted by Crippen LogP contribution is 2.19. The molecular weight excluding hydrogens is 318 g/mol. The van der Waals surface area contributed by atoms with Gasteiger partial charge in [-0.25, -0.2) is 0 Å². The largest absolute Gasteiger partial charge is 0.301 e. The van der Waals surface area contributed by atoms with Crippen molar-refractivity contribution in [1.29, 1.82) is 0 Å². The number of hydrogen-bond donors (Lipinski definition) is 0. The zero-order chi connectivity index (χ0) is 19.9. The van der Waals surface area contributed by atoms with Crippen molar-refractivity contribution in [2.24, 2.45) is 0 Å². The summed E-state index contributed by atoms with van der Waals surface area (Å²) in [5, 5.41) is 5.98. The summed E-state index contributed by atoms with van der Waals surface area (Å²) in [6.45, 7) is 21.3. The quantitative estimate of drug-likeness (QED) is 0.611. The molecule has 0 bridgehead atoms. The summed E-state index contributed by atoms with van der Waals surface area (Å²) in [5.41, 5.74) is 3.74. The molecule has 150 valence electrons. The monoisotopic (exact) mass is 361 g/mol. The molecule has 2 aromatic rings. The number of nitrogens with zero attached hydrogens (tertiary/aromatic N) is 3. The molecular formula is C23H43N3. The van der Waals surface area contributed by atoms with Crippen molar-refractivity contribution in [2.75, 3.05) is 19.6 Å². The van der Waals surface area contributed by atoms with E-state index in [0.717, 1.165) is 18.8 Å². The lowest BCUT2D eigenvalue weighted by Gasteiger charge is -2.14. The maximum Gasteiger partial charge on any atom is 0.0688 e. The predicted octanol–water partition coefficient (Wildman–Crippen LogP) is 6.61. The van der Waals surface area contributed by atoms with Gasteiger partial charge in [-0.2, -0.15) is 5.10 Å². The van der Waals surface area contributed by atoms with Crippen LogP contribution in [0.2, 0.25) is 0 Å². The van der Waals surface area contributed by atoms with E-state index in [1.54, 1.807) is 0 Å². The summed E-state index contributed by atoms with van der Waals surface area (Å²) >= 11 is 0. The number of rotatable bonds is 4. The average Bonchev–Trinajstić information content (AvgIpc) is 3.31. The molecule has 0 unspecified atom stereocenters. The van der Waals surface area contributed by atoms with Gasteiger partial charge in [-0.15, -0.1) is 0 Å². The molecule has 0 atom stereocenters. The van der Waals surface area contributed by atoms with Crippen molar-refractivity contribution in [3.8, 4) is 0 Å². The van der Waals surface area contributed by atoms with Crippen LogP contribution in [0.4, 0.5) is 0 Å². The number of hydrogen-bond acceptors (Lipinski definition) is 2. The van der Waals surface area contributed by atoms with Crippen LogP contribution in [0, 0.1) is 13.8 Å². The van der Waals surface area contributed by atoms with Crippen LogP contribution < -0.4 is 0 Å². The first-order valence-corrected chi connectivity index (χ1v) is 10.8. The second-order valence-electron chi connectivity index (χ2n) is 6.38. The van der Waals surface area contributed by atoms with Crippen LogP contribution in [-0.4, -0.2) is 34.3 Å². The lowest BCUT2D eigenvalue weighted by Crippen LogP contribution is -2.24. The lowest BCUT2D eigenvalue weighted by molar-refractivity contribution is 0.318. The van der Waals surface area contributed by atoms with Crippen LogP contribution in [0.25, 0.3) is 10.9 Å². The van der Waals surface area contributed by atoms with Crippen molar-refractivity contribution < 1.29 is 0 Å². The molecule has 2 heterocycles. The Morgan fingerprint density at radius 3 is 2.00 bits per heavy atom. The summed E-state index contributed by atoms with van der Waals surface area (Å²) in [4.78, 5) is 2.54. The van der Waals surface area contributed by atoms with E-state index in [2.05, 4.69) is 60.6 Å². The number of unbranched alkanes of at least 4 members (excludes halogenated alkanes) is 1. The van der Waals surface area contributed by atoms with Gasteiger partial charge in [0.05, 0.1) is 17.8 Å². The van der Waals surface area contributed by atoms with Crippen LogP contribution in [0.3, 0.4) is 0 Å². The highest BCUT2D eigenvalue weighted by molar-refractivity contribution is 5.82. The lowest BCUT2D eigenvalue weighted by atomic mass is 10.1. The minimum atomic E-state index is 1.01. The van der Waals surface area contributed by atoms with E-state index in [-0.39, 0.29) is 0 Å². The third-order valence-electron chi connectivity index (χ3n) is 4.42. The molecule has 1 aliphatic heterocycles. The molecule has 1 aromatic heterocycles. The average molecular weight is 362 g/mol. The third-order valence-corrected chi connectivity index (χ3v) is 4.42. The summed E-state index contributed by atoms with van der Waals surface area (Å²) in [6.07, 6.45) is 5.36. The van der Waals surface area contributed by atoms with Gasteiger partial charge in [-0.3, -0.25) is 4.68 Å². The molecule has 0 amide bonds. The standard InChI is InChI=1S/C15H21N3.C4H10.2C2H6/c1-12-5-6-14-13(2)16-18(15(14)11-12)10-9-17-7-3-4-8-17;1-3-4-2;2*1-2/h5-6,11H,3-4,7-10H2,1-2H3;3-4H2,1-2H3;2*1-2H3. The van der Waals surface area contributed by atoms with Gasteiger partial charge in [-0.1, -0.05) is 66.5 Å². The fraction of sp³-hybridized carbons (Fsp3) is 0.696. The van der Waals surface area contributed by atoms with E-state index in [4.69, 9.17) is 0 Å².